The minimum atomic E-state index is -0.465. The molecule has 0 spiro atoms. The van der Waals surface area contributed by atoms with Crippen molar-refractivity contribution in [1.29, 1.82) is 0 Å². The van der Waals surface area contributed by atoms with Crippen molar-refractivity contribution in [2.45, 2.75) is 25.9 Å². The van der Waals surface area contributed by atoms with E-state index in [4.69, 9.17) is 21.1 Å². The fourth-order valence-electron chi connectivity index (χ4n) is 3.73. The summed E-state index contributed by atoms with van der Waals surface area (Å²) in [7, 11) is 0. The van der Waals surface area contributed by atoms with E-state index >= 15 is 0 Å². The summed E-state index contributed by atoms with van der Waals surface area (Å²) in [5, 5.41) is 0.0689. The molecule has 6 heteroatoms. The first-order valence-electron chi connectivity index (χ1n) is 10.5. The number of pyridine rings is 1. The third-order valence-corrected chi connectivity index (χ3v) is 5.85. The van der Waals surface area contributed by atoms with Gasteiger partial charge in [0.15, 0.2) is 0 Å². The summed E-state index contributed by atoms with van der Waals surface area (Å²) in [6.07, 6.45) is 6.71. The van der Waals surface area contributed by atoms with Gasteiger partial charge in [-0.25, -0.2) is 9.37 Å². The first-order valence-corrected chi connectivity index (χ1v) is 10.9. The van der Waals surface area contributed by atoms with E-state index in [2.05, 4.69) is 16.1 Å². The van der Waals surface area contributed by atoms with Crippen LogP contribution >= 0.6 is 11.6 Å². The molecule has 3 aromatic rings. The molecule has 1 aliphatic heterocycles. The van der Waals surface area contributed by atoms with Gasteiger partial charge in [0.25, 0.3) is 0 Å². The molecular formula is C25H25ClFN2O2. The molecule has 1 radical (unpaired) electrons. The van der Waals surface area contributed by atoms with E-state index in [1.54, 1.807) is 18.3 Å². The van der Waals surface area contributed by atoms with Gasteiger partial charge in [0.05, 0.1) is 5.02 Å². The highest BCUT2D eigenvalue weighted by Crippen LogP contribution is 2.30. The number of hydrogen-bond donors (Lipinski definition) is 0. The van der Waals surface area contributed by atoms with Crippen LogP contribution in [-0.4, -0.2) is 36.1 Å². The molecule has 1 unspecified atom stereocenters. The Morgan fingerprint density at radius 2 is 1.90 bits per heavy atom. The van der Waals surface area contributed by atoms with Crippen molar-refractivity contribution in [3.05, 3.63) is 77.3 Å². The second-order valence-electron chi connectivity index (χ2n) is 7.66. The van der Waals surface area contributed by atoms with Gasteiger partial charge < -0.3 is 9.47 Å². The van der Waals surface area contributed by atoms with Gasteiger partial charge in [0.2, 0.25) is 0 Å². The van der Waals surface area contributed by atoms with Crippen LogP contribution in [0.2, 0.25) is 5.02 Å². The van der Waals surface area contributed by atoms with Crippen LogP contribution in [0.1, 0.15) is 31.4 Å². The second-order valence-corrected chi connectivity index (χ2v) is 8.04. The van der Waals surface area contributed by atoms with Crippen LogP contribution in [0.15, 0.2) is 54.7 Å². The van der Waals surface area contributed by atoms with Crippen LogP contribution in [0.4, 0.5) is 4.39 Å². The molecule has 161 valence electrons. The van der Waals surface area contributed by atoms with Crippen LogP contribution < -0.4 is 9.47 Å². The van der Waals surface area contributed by atoms with E-state index in [0.29, 0.717) is 17.9 Å². The molecule has 1 atom stereocenters. The van der Waals surface area contributed by atoms with Crippen LogP contribution in [0.25, 0.3) is 11.1 Å². The van der Waals surface area contributed by atoms with Crippen molar-refractivity contribution in [3.63, 3.8) is 0 Å². The summed E-state index contributed by atoms with van der Waals surface area (Å²) >= 11 is 6.07. The minimum Gasteiger partial charge on any atom is -0.492 e. The molecule has 0 aliphatic carbocycles. The Balaban J connectivity index is 1.38. The summed E-state index contributed by atoms with van der Waals surface area (Å²) in [5.41, 5.74) is 2.47. The summed E-state index contributed by atoms with van der Waals surface area (Å²) in [5.74, 6) is 0.855. The first-order chi connectivity index (χ1) is 15.1. The van der Waals surface area contributed by atoms with Crippen LogP contribution in [0.5, 0.6) is 11.5 Å². The Labute approximate surface area is 187 Å². The Kier molecular flexibility index (Phi) is 7.05. The maximum Gasteiger partial charge on any atom is 0.148 e. The normalized spacial score (nSPS) is 15.1. The predicted octanol–water partition coefficient (Wildman–Crippen LogP) is 5.96. The van der Waals surface area contributed by atoms with Crippen LogP contribution in [0.3, 0.4) is 0 Å². The summed E-state index contributed by atoms with van der Waals surface area (Å²) in [6.45, 7) is 5.83. The van der Waals surface area contributed by atoms with E-state index in [0.717, 1.165) is 23.4 Å². The van der Waals surface area contributed by atoms with E-state index in [9.17, 15) is 4.39 Å². The van der Waals surface area contributed by atoms with E-state index in [1.807, 2.05) is 37.3 Å². The zero-order valence-electron chi connectivity index (χ0n) is 17.5. The minimum absolute atomic E-state index is 0.0689. The number of likely N-dealkylation sites (tertiary alicyclic amines) is 1. The number of benzene rings is 2. The van der Waals surface area contributed by atoms with Gasteiger partial charge in [-0.15, -0.1) is 0 Å². The standard InChI is InChI=1S/C25H25ClFN2O2/c1-18(23-5-4-6-24(27)25(23)26)31-22-15-20(16-28-17-22)19-7-9-21(10-8-19)30-14-13-29-11-2-3-12-29/h4-10,15-16,18H,2-3,11-14H2,1H3. The second kappa shape index (κ2) is 10.1. The third-order valence-electron chi connectivity index (χ3n) is 5.45. The topological polar surface area (TPSA) is 34.6 Å². The first kappa shape index (κ1) is 21.6. The van der Waals surface area contributed by atoms with Crippen molar-refractivity contribution in [2.24, 2.45) is 0 Å². The summed E-state index contributed by atoms with van der Waals surface area (Å²) in [4.78, 5) is 6.60. The maximum atomic E-state index is 13.7. The van der Waals surface area contributed by atoms with Crippen LogP contribution in [-0.2, 0) is 0 Å². The Bertz CT molecular complexity index is 1010. The number of nitrogens with zero attached hydrogens (tertiary/aromatic N) is 2. The Hall–Kier alpha value is -2.63. The molecule has 1 fully saturated rings. The average molecular weight is 440 g/mol. The largest absolute Gasteiger partial charge is 0.492 e. The van der Waals surface area contributed by atoms with Gasteiger partial charge in [-0.05, 0) is 62.7 Å². The molecule has 1 saturated heterocycles. The fourth-order valence-corrected chi connectivity index (χ4v) is 4.00. The highest BCUT2D eigenvalue weighted by molar-refractivity contribution is 6.31. The summed E-state index contributed by atoms with van der Waals surface area (Å²) < 4.78 is 25.5. The molecule has 2 aromatic carbocycles. The van der Waals surface area contributed by atoms with Gasteiger partial charge in [-0.1, -0.05) is 35.9 Å². The fraction of sp³-hybridized carbons (Fsp3) is 0.320. The smallest absolute Gasteiger partial charge is 0.148 e. The maximum absolute atomic E-state index is 13.7. The van der Waals surface area contributed by atoms with Gasteiger partial charge in [0, 0.05) is 23.9 Å². The van der Waals surface area contributed by atoms with E-state index < -0.39 is 11.9 Å². The van der Waals surface area contributed by atoms with Crippen molar-refractivity contribution >= 4 is 11.6 Å². The molecule has 4 rings (SSSR count). The zero-order valence-corrected chi connectivity index (χ0v) is 18.2. The van der Waals surface area contributed by atoms with Gasteiger partial charge in [-0.2, -0.15) is 0 Å². The molecule has 4 nitrogen and oxygen atoms in total. The lowest BCUT2D eigenvalue weighted by molar-refractivity contribution is 0.225. The lowest BCUT2D eigenvalue weighted by Gasteiger charge is -2.17. The summed E-state index contributed by atoms with van der Waals surface area (Å²) in [6, 6.07) is 14.5. The highest BCUT2D eigenvalue weighted by atomic mass is 35.5. The highest BCUT2D eigenvalue weighted by Gasteiger charge is 2.15. The molecule has 1 aromatic heterocycles. The van der Waals surface area contributed by atoms with Crippen molar-refractivity contribution in [3.8, 4) is 22.6 Å². The number of halogens is 2. The quantitative estimate of drug-likeness (QED) is 0.434. The van der Waals surface area contributed by atoms with Gasteiger partial charge in [0.1, 0.15) is 36.2 Å². The monoisotopic (exact) mass is 439 g/mol. The molecule has 0 bridgehead atoms. The molecule has 31 heavy (non-hydrogen) atoms. The van der Waals surface area contributed by atoms with Crippen molar-refractivity contribution in [2.75, 3.05) is 26.2 Å². The molecule has 0 N–H and O–H groups in total. The van der Waals surface area contributed by atoms with Gasteiger partial charge >= 0.3 is 0 Å². The SMILES string of the molecule is CC(Oc1[c]ncc(-c2ccc(OCCN3CCCC3)cc2)c1)c1cccc(F)c1Cl. The Morgan fingerprint density at radius 1 is 1.13 bits per heavy atom. The average Bonchev–Trinajstić information content (AvgIpc) is 3.30. The molecule has 2 heterocycles. The van der Waals surface area contributed by atoms with Crippen LogP contribution in [0, 0.1) is 12.0 Å². The predicted molar refractivity (Wildman–Crippen MR) is 120 cm³/mol. The number of aromatic nitrogens is 1. The lowest BCUT2D eigenvalue weighted by Crippen LogP contribution is -2.25. The van der Waals surface area contributed by atoms with Crippen molar-refractivity contribution in [1.82, 2.24) is 9.88 Å². The van der Waals surface area contributed by atoms with E-state index in [-0.39, 0.29) is 5.02 Å². The zero-order chi connectivity index (χ0) is 21.6. The van der Waals surface area contributed by atoms with Gasteiger partial charge in [-0.3, -0.25) is 4.90 Å². The molecular weight excluding hydrogens is 415 g/mol. The Morgan fingerprint density at radius 3 is 2.68 bits per heavy atom. The molecule has 1 aliphatic rings. The van der Waals surface area contributed by atoms with E-state index in [1.165, 1.54) is 32.0 Å². The molecule has 0 amide bonds. The number of hydrogen-bond acceptors (Lipinski definition) is 4. The third kappa shape index (κ3) is 5.54. The number of rotatable bonds is 8. The van der Waals surface area contributed by atoms with Crippen molar-refractivity contribution < 1.29 is 13.9 Å². The number of ether oxygens (including phenoxy) is 2. The molecule has 0 saturated carbocycles. The lowest BCUT2D eigenvalue weighted by atomic mass is 10.1.